The fourth-order valence-electron chi connectivity index (χ4n) is 2.03. The molecule has 0 aromatic carbocycles. The fourth-order valence-corrected chi connectivity index (χ4v) is 2.50. The summed E-state index contributed by atoms with van der Waals surface area (Å²) >= 11 is 1.46. The summed E-state index contributed by atoms with van der Waals surface area (Å²) in [6.07, 6.45) is 1.79. The Bertz CT molecular complexity index is 486. The van der Waals surface area contributed by atoms with Crippen molar-refractivity contribution in [3.8, 4) is 0 Å². The highest BCUT2D eigenvalue weighted by Crippen LogP contribution is 2.07. The van der Waals surface area contributed by atoms with E-state index in [1.807, 2.05) is 20.1 Å². The third-order valence-corrected chi connectivity index (χ3v) is 3.94. The van der Waals surface area contributed by atoms with Crippen molar-refractivity contribution in [3.05, 3.63) is 0 Å². The molecule has 2 amide bonds. The van der Waals surface area contributed by atoms with Crippen molar-refractivity contribution in [2.75, 3.05) is 12.0 Å². The molecule has 9 nitrogen and oxygen atoms in total. The molecular formula is C15H27N3O6S. The Morgan fingerprint density at radius 3 is 2.04 bits per heavy atom. The highest BCUT2D eigenvalue weighted by Gasteiger charge is 2.28. The Labute approximate surface area is 151 Å². The molecule has 0 unspecified atom stereocenters. The third kappa shape index (κ3) is 9.92. The summed E-state index contributed by atoms with van der Waals surface area (Å²) < 4.78 is 0. The van der Waals surface area contributed by atoms with Gasteiger partial charge in [0, 0.05) is 0 Å². The van der Waals surface area contributed by atoms with Crippen LogP contribution in [0.3, 0.4) is 0 Å². The van der Waals surface area contributed by atoms with Crippen LogP contribution < -0.4 is 16.4 Å². The summed E-state index contributed by atoms with van der Waals surface area (Å²) in [7, 11) is 0. The molecule has 0 spiro atoms. The van der Waals surface area contributed by atoms with Crippen molar-refractivity contribution < 1.29 is 29.4 Å². The van der Waals surface area contributed by atoms with Crippen molar-refractivity contribution in [1.29, 1.82) is 0 Å². The highest BCUT2D eigenvalue weighted by molar-refractivity contribution is 7.98. The van der Waals surface area contributed by atoms with E-state index in [1.54, 1.807) is 0 Å². The van der Waals surface area contributed by atoms with E-state index >= 15 is 0 Å². The topological polar surface area (TPSA) is 159 Å². The number of aliphatic carboxylic acids is 2. The molecule has 10 heteroatoms. The molecule has 0 heterocycles. The first-order chi connectivity index (χ1) is 11.6. The van der Waals surface area contributed by atoms with Gasteiger partial charge in [0.15, 0.2) is 0 Å². The van der Waals surface area contributed by atoms with Crippen LogP contribution >= 0.6 is 11.8 Å². The van der Waals surface area contributed by atoms with Gasteiger partial charge in [0.05, 0.1) is 12.5 Å². The molecule has 0 saturated carbocycles. The number of nitrogens with two attached hydrogens (primary N) is 1. The van der Waals surface area contributed by atoms with Crippen LogP contribution in [-0.4, -0.2) is 64.1 Å². The predicted octanol–water partition coefficient (Wildman–Crippen LogP) is -0.358. The zero-order valence-corrected chi connectivity index (χ0v) is 15.5. The van der Waals surface area contributed by atoms with Crippen molar-refractivity contribution in [3.63, 3.8) is 0 Å². The van der Waals surface area contributed by atoms with Gasteiger partial charge in [-0.1, -0.05) is 13.8 Å². The van der Waals surface area contributed by atoms with Crippen LogP contribution in [0.2, 0.25) is 0 Å². The summed E-state index contributed by atoms with van der Waals surface area (Å²) in [5.74, 6) is -3.16. The Hall–Kier alpha value is -1.81. The molecule has 0 aromatic heterocycles. The number of nitrogens with one attached hydrogen (secondary N) is 2. The van der Waals surface area contributed by atoms with Crippen LogP contribution in [0.5, 0.6) is 0 Å². The molecule has 6 N–H and O–H groups in total. The van der Waals surface area contributed by atoms with E-state index in [0.717, 1.165) is 0 Å². The Balaban J connectivity index is 4.98. The van der Waals surface area contributed by atoms with Crippen LogP contribution in [0.25, 0.3) is 0 Å². The monoisotopic (exact) mass is 377 g/mol. The van der Waals surface area contributed by atoms with Gasteiger partial charge < -0.3 is 26.6 Å². The lowest BCUT2D eigenvalue weighted by Gasteiger charge is -2.23. The lowest BCUT2D eigenvalue weighted by atomic mass is 10.0. The number of carbonyl (C=O) groups is 4. The maximum absolute atomic E-state index is 12.4. The minimum atomic E-state index is -1.28. The zero-order valence-electron chi connectivity index (χ0n) is 14.7. The van der Waals surface area contributed by atoms with E-state index in [9.17, 15) is 24.3 Å². The number of rotatable bonds is 12. The SMILES string of the molecule is CSCC[C@H](NC(=O)[C@@H](N)CC(=O)O)C(=O)N[C@@H](CC(C)C)C(=O)O. The molecule has 144 valence electrons. The average Bonchev–Trinajstić information content (AvgIpc) is 2.48. The van der Waals surface area contributed by atoms with E-state index in [2.05, 4.69) is 10.6 Å². The van der Waals surface area contributed by atoms with E-state index in [1.165, 1.54) is 11.8 Å². The lowest BCUT2D eigenvalue weighted by molar-refractivity contribution is -0.143. The summed E-state index contributed by atoms with van der Waals surface area (Å²) in [6.45, 7) is 3.67. The summed E-state index contributed by atoms with van der Waals surface area (Å²) in [5, 5.41) is 22.7. The second-order valence-electron chi connectivity index (χ2n) is 6.08. The second-order valence-corrected chi connectivity index (χ2v) is 7.06. The molecule has 25 heavy (non-hydrogen) atoms. The molecule has 3 atom stereocenters. The second kappa shape index (κ2) is 11.7. The molecule has 0 rings (SSSR count). The molecule has 0 radical (unpaired) electrons. The summed E-state index contributed by atoms with van der Waals surface area (Å²) in [5.41, 5.74) is 5.49. The van der Waals surface area contributed by atoms with Gasteiger partial charge in [-0.25, -0.2) is 4.79 Å². The largest absolute Gasteiger partial charge is 0.481 e. The molecule has 0 fully saturated rings. The molecule has 0 saturated heterocycles. The van der Waals surface area contributed by atoms with E-state index < -0.39 is 48.3 Å². The molecule has 0 bridgehead atoms. The summed E-state index contributed by atoms with van der Waals surface area (Å²) in [6, 6.07) is -3.32. The number of thioether (sulfide) groups is 1. The van der Waals surface area contributed by atoms with Gasteiger partial charge in [0.25, 0.3) is 0 Å². The number of carboxylic acids is 2. The zero-order chi connectivity index (χ0) is 19.6. The lowest BCUT2D eigenvalue weighted by Crippen LogP contribution is -2.55. The Morgan fingerprint density at radius 1 is 1.04 bits per heavy atom. The smallest absolute Gasteiger partial charge is 0.326 e. The average molecular weight is 377 g/mol. The molecule has 0 aliphatic heterocycles. The van der Waals surface area contributed by atoms with Gasteiger partial charge in [-0.2, -0.15) is 11.8 Å². The van der Waals surface area contributed by atoms with E-state index in [0.29, 0.717) is 5.75 Å². The van der Waals surface area contributed by atoms with Crippen LogP contribution in [-0.2, 0) is 19.2 Å². The first-order valence-corrected chi connectivity index (χ1v) is 9.27. The third-order valence-electron chi connectivity index (χ3n) is 3.30. The van der Waals surface area contributed by atoms with Crippen molar-refractivity contribution in [2.24, 2.45) is 11.7 Å². The van der Waals surface area contributed by atoms with Crippen LogP contribution in [0.1, 0.15) is 33.1 Å². The number of carbonyl (C=O) groups excluding carboxylic acids is 2. The van der Waals surface area contributed by atoms with Crippen molar-refractivity contribution >= 4 is 35.5 Å². The predicted molar refractivity (Wildman–Crippen MR) is 94.2 cm³/mol. The minimum absolute atomic E-state index is 0.0598. The molecule has 0 aliphatic carbocycles. The quantitative estimate of drug-likeness (QED) is 0.308. The van der Waals surface area contributed by atoms with Crippen molar-refractivity contribution in [1.82, 2.24) is 10.6 Å². The van der Waals surface area contributed by atoms with Gasteiger partial charge in [-0.15, -0.1) is 0 Å². The van der Waals surface area contributed by atoms with Gasteiger partial charge in [0.1, 0.15) is 12.1 Å². The normalized spacial score (nSPS) is 14.4. The van der Waals surface area contributed by atoms with Crippen LogP contribution in [0, 0.1) is 5.92 Å². The summed E-state index contributed by atoms with van der Waals surface area (Å²) in [4.78, 5) is 46.2. The van der Waals surface area contributed by atoms with Gasteiger partial charge in [-0.05, 0) is 30.8 Å². The minimum Gasteiger partial charge on any atom is -0.481 e. The Kier molecular flexibility index (Phi) is 10.8. The van der Waals surface area contributed by atoms with Crippen LogP contribution in [0.4, 0.5) is 0 Å². The van der Waals surface area contributed by atoms with E-state index in [-0.39, 0.29) is 18.8 Å². The van der Waals surface area contributed by atoms with Crippen LogP contribution in [0.15, 0.2) is 0 Å². The molecular weight excluding hydrogens is 350 g/mol. The van der Waals surface area contributed by atoms with E-state index in [4.69, 9.17) is 10.8 Å². The van der Waals surface area contributed by atoms with Gasteiger partial charge in [0.2, 0.25) is 11.8 Å². The highest BCUT2D eigenvalue weighted by atomic mass is 32.2. The molecule has 0 aromatic rings. The first-order valence-electron chi connectivity index (χ1n) is 7.88. The number of carboxylic acid groups (broad SMARTS) is 2. The van der Waals surface area contributed by atoms with Crippen molar-refractivity contribution in [2.45, 2.75) is 51.2 Å². The van der Waals surface area contributed by atoms with Gasteiger partial charge in [-0.3, -0.25) is 14.4 Å². The number of amides is 2. The number of hydrogen-bond donors (Lipinski definition) is 5. The van der Waals surface area contributed by atoms with Gasteiger partial charge >= 0.3 is 11.9 Å². The number of hydrogen-bond acceptors (Lipinski definition) is 6. The standard InChI is InChI=1S/C15H27N3O6S/c1-8(2)6-11(15(23)24)18-14(22)10(4-5-25-3)17-13(21)9(16)7-12(19)20/h8-11H,4-7,16H2,1-3H3,(H,17,21)(H,18,22)(H,19,20)(H,23,24)/t9-,10-,11-/m0/s1. The maximum Gasteiger partial charge on any atom is 0.326 e. The molecule has 0 aliphatic rings. The fraction of sp³-hybridized carbons (Fsp3) is 0.733. The first kappa shape index (κ1) is 23.2. The Morgan fingerprint density at radius 2 is 1.60 bits per heavy atom. The maximum atomic E-state index is 12.4.